The third-order valence-corrected chi connectivity index (χ3v) is 14.2. The summed E-state index contributed by atoms with van der Waals surface area (Å²) in [7, 11) is -6.48. The lowest BCUT2D eigenvalue weighted by Gasteiger charge is -2.48. The van der Waals surface area contributed by atoms with Gasteiger partial charge in [0.25, 0.3) is 0 Å². The molecule has 0 bridgehead atoms. The molecule has 0 aromatic heterocycles. The first-order chi connectivity index (χ1) is 21.5. The Morgan fingerprint density at radius 1 is 0.689 bits per heavy atom. The normalized spacial score (nSPS) is 25.4. The first kappa shape index (κ1) is 31.2. The third kappa shape index (κ3) is 5.72. The summed E-state index contributed by atoms with van der Waals surface area (Å²) in [5.41, 5.74) is 1.79. The molecule has 0 saturated heterocycles. The molecule has 0 heterocycles. The van der Waals surface area contributed by atoms with E-state index in [9.17, 15) is 21.6 Å². The smallest absolute Gasteiger partial charge is 0.182 e. The fourth-order valence-electron chi connectivity index (χ4n) is 7.44. The zero-order chi connectivity index (χ0) is 31.9. The Labute approximate surface area is 264 Å². The first-order valence-corrected chi connectivity index (χ1v) is 18.1. The number of carbonyl (C=O) groups excluding carboxylic acids is 1. The molecule has 0 amide bonds. The molecule has 9 heteroatoms. The van der Waals surface area contributed by atoms with Crippen LogP contribution in [0.25, 0.3) is 0 Å². The Balaban J connectivity index is 1.52. The summed E-state index contributed by atoms with van der Waals surface area (Å²) in [6, 6.07) is 27.9. The summed E-state index contributed by atoms with van der Waals surface area (Å²) in [6.45, 7) is 1.86. The van der Waals surface area contributed by atoms with Crippen LogP contribution in [0, 0.1) is 24.6 Å². The number of methoxy groups -OCH3 is 1. The summed E-state index contributed by atoms with van der Waals surface area (Å²) >= 11 is 0. The number of hydrogen-bond donors (Lipinski definition) is 0. The molecule has 6 nitrogen and oxygen atoms in total. The summed E-state index contributed by atoms with van der Waals surface area (Å²) in [5.74, 6) is -3.31. The maximum absolute atomic E-state index is 15.4. The number of ether oxygens (including phenoxy) is 1. The van der Waals surface area contributed by atoms with Gasteiger partial charge in [0.1, 0.15) is 17.3 Å². The predicted octanol–water partition coefficient (Wildman–Crippen LogP) is 6.69. The first-order valence-electron chi connectivity index (χ1n) is 15.0. The molecule has 4 unspecified atom stereocenters. The van der Waals surface area contributed by atoms with Crippen LogP contribution < -0.4 is 4.74 Å². The van der Waals surface area contributed by atoms with E-state index in [0.717, 1.165) is 5.56 Å². The van der Waals surface area contributed by atoms with Gasteiger partial charge in [0.15, 0.2) is 19.7 Å². The number of rotatable bonds is 7. The highest BCUT2D eigenvalue weighted by Gasteiger charge is 2.56. The molecule has 0 aliphatic heterocycles. The van der Waals surface area contributed by atoms with Gasteiger partial charge in [0, 0.05) is 24.2 Å². The second kappa shape index (κ2) is 12.2. The van der Waals surface area contributed by atoms with Gasteiger partial charge in [-0.05, 0) is 79.3 Å². The van der Waals surface area contributed by atoms with Gasteiger partial charge in [0.05, 0.1) is 27.4 Å². The molecule has 2 aliphatic rings. The molecular formula is C36H35FO6S2. The Hall–Kier alpha value is -3.82. The van der Waals surface area contributed by atoms with Crippen LogP contribution in [0.5, 0.6) is 5.75 Å². The van der Waals surface area contributed by atoms with Crippen LogP contribution in [-0.2, 0) is 24.5 Å². The molecule has 0 N–H and O–H groups in total. The van der Waals surface area contributed by atoms with Crippen LogP contribution in [0.2, 0.25) is 0 Å². The molecule has 45 heavy (non-hydrogen) atoms. The van der Waals surface area contributed by atoms with Gasteiger partial charge in [-0.15, -0.1) is 0 Å². The predicted molar refractivity (Wildman–Crippen MR) is 170 cm³/mol. The minimum Gasteiger partial charge on any atom is -0.497 e. The second-order valence-corrected chi connectivity index (χ2v) is 16.4. The lowest BCUT2D eigenvalue weighted by Crippen LogP contribution is -2.53. The van der Waals surface area contributed by atoms with Crippen molar-refractivity contribution < 1.29 is 30.8 Å². The SMILES string of the molecule is COc1ccc(C2C[C@@H]3C(S(=O)(=O)c4ccc(C)cc4)C(c4ccccc4F)CC(=O)[C@@H]3CC2S(=O)(=O)c2ccccc2)cc1. The van der Waals surface area contributed by atoms with Gasteiger partial charge in [-0.25, -0.2) is 21.2 Å². The summed E-state index contributed by atoms with van der Waals surface area (Å²) in [6.07, 6.45) is -0.0926. The van der Waals surface area contributed by atoms with Gasteiger partial charge in [-0.2, -0.15) is 0 Å². The number of benzene rings is 4. The molecular weight excluding hydrogens is 612 g/mol. The van der Waals surface area contributed by atoms with Crippen molar-refractivity contribution in [2.75, 3.05) is 7.11 Å². The number of halogens is 1. The molecule has 0 spiro atoms. The number of Topliss-reactive ketones (excluding diaryl/α,β-unsaturated/α-hetero) is 1. The van der Waals surface area contributed by atoms with Crippen molar-refractivity contribution in [1.29, 1.82) is 0 Å². The number of fused-ring (bicyclic) bond motifs is 1. The molecule has 6 atom stereocenters. The number of hydrogen-bond acceptors (Lipinski definition) is 6. The number of carbonyl (C=O) groups is 1. The third-order valence-electron chi connectivity index (χ3n) is 9.66. The average molecular weight is 647 g/mol. The maximum atomic E-state index is 15.4. The minimum absolute atomic E-state index is 0.0265. The molecule has 6 rings (SSSR count). The summed E-state index contributed by atoms with van der Waals surface area (Å²) < 4.78 is 78.4. The molecule has 2 fully saturated rings. The molecule has 234 valence electrons. The summed E-state index contributed by atoms with van der Waals surface area (Å²) in [4.78, 5) is 14.2. The molecule has 4 aromatic rings. The molecule has 2 aliphatic carbocycles. The Morgan fingerprint density at radius 3 is 1.96 bits per heavy atom. The quantitative estimate of drug-likeness (QED) is 0.222. The largest absolute Gasteiger partial charge is 0.497 e. The Bertz CT molecular complexity index is 1910. The highest BCUT2D eigenvalue weighted by Crippen LogP contribution is 2.54. The Morgan fingerprint density at radius 2 is 1.31 bits per heavy atom. The lowest BCUT2D eigenvalue weighted by molar-refractivity contribution is -0.128. The van der Waals surface area contributed by atoms with E-state index in [1.165, 1.54) is 12.1 Å². The van der Waals surface area contributed by atoms with E-state index < -0.39 is 59.7 Å². The highest BCUT2D eigenvalue weighted by atomic mass is 32.2. The fourth-order valence-corrected chi connectivity index (χ4v) is 11.8. The second-order valence-electron chi connectivity index (χ2n) is 12.1. The van der Waals surface area contributed by atoms with Crippen molar-refractivity contribution in [2.24, 2.45) is 11.8 Å². The van der Waals surface area contributed by atoms with E-state index in [0.29, 0.717) is 11.3 Å². The van der Waals surface area contributed by atoms with E-state index >= 15 is 4.39 Å². The van der Waals surface area contributed by atoms with Crippen LogP contribution in [0.4, 0.5) is 4.39 Å². The highest BCUT2D eigenvalue weighted by molar-refractivity contribution is 7.92. The van der Waals surface area contributed by atoms with Gasteiger partial charge in [0.2, 0.25) is 0 Å². The maximum Gasteiger partial charge on any atom is 0.182 e. The van der Waals surface area contributed by atoms with E-state index in [4.69, 9.17) is 4.74 Å². The molecule has 4 aromatic carbocycles. The van der Waals surface area contributed by atoms with Crippen molar-refractivity contribution in [2.45, 2.75) is 58.3 Å². The standard InChI is InChI=1S/C36H35FO6S2/c1-23-12-18-27(19-13-23)45(41,42)36-31-20-29(24-14-16-25(43-2)17-15-24)35(44(39,40)26-8-4-3-5-9-26)22-30(31)34(38)21-32(36)28-10-6-7-11-33(28)37/h3-19,29-32,35-36H,20-22H2,1-2H3/t29?,30-,31+,32?,35?,36?/m1/s1. The monoisotopic (exact) mass is 646 g/mol. The van der Waals surface area contributed by atoms with E-state index in [1.54, 1.807) is 98.1 Å². The molecule has 2 saturated carbocycles. The molecule has 0 radical (unpaired) electrons. The zero-order valence-corrected chi connectivity index (χ0v) is 26.7. The average Bonchev–Trinajstić information content (AvgIpc) is 3.05. The van der Waals surface area contributed by atoms with Crippen molar-refractivity contribution in [3.8, 4) is 5.75 Å². The van der Waals surface area contributed by atoms with E-state index in [1.807, 2.05) is 6.92 Å². The van der Waals surface area contributed by atoms with Crippen LogP contribution in [0.1, 0.15) is 47.8 Å². The van der Waals surface area contributed by atoms with Crippen molar-refractivity contribution in [3.05, 3.63) is 126 Å². The zero-order valence-electron chi connectivity index (χ0n) is 25.0. The van der Waals surface area contributed by atoms with Gasteiger partial charge < -0.3 is 4.74 Å². The Kier molecular flexibility index (Phi) is 8.43. The van der Waals surface area contributed by atoms with Crippen LogP contribution in [0.3, 0.4) is 0 Å². The van der Waals surface area contributed by atoms with Gasteiger partial charge in [-0.1, -0.05) is 66.2 Å². The lowest BCUT2D eigenvalue weighted by atomic mass is 9.61. The number of aryl methyl sites for hydroxylation is 1. The fraction of sp³-hybridized carbons (Fsp3) is 0.306. The van der Waals surface area contributed by atoms with Crippen molar-refractivity contribution in [1.82, 2.24) is 0 Å². The van der Waals surface area contributed by atoms with Crippen LogP contribution >= 0.6 is 0 Å². The van der Waals surface area contributed by atoms with Crippen LogP contribution in [0.15, 0.2) is 113 Å². The van der Waals surface area contributed by atoms with Gasteiger partial charge in [-0.3, -0.25) is 4.79 Å². The number of sulfone groups is 2. The van der Waals surface area contributed by atoms with Gasteiger partial charge >= 0.3 is 0 Å². The van der Waals surface area contributed by atoms with E-state index in [-0.39, 0.29) is 40.4 Å². The van der Waals surface area contributed by atoms with Crippen molar-refractivity contribution >= 4 is 25.5 Å². The van der Waals surface area contributed by atoms with Crippen LogP contribution in [-0.4, -0.2) is 40.2 Å². The topological polar surface area (TPSA) is 94.6 Å². The summed E-state index contributed by atoms with van der Waals surface area (Å²) in [5, 5.41) is -2.10. The van der Waals surface area contributed by atoms with E-state index in [2.05, 4.69) is 0 Å². The number of ketones is 1. The minimum atomic E-state index is -4.10. The van der Waals surface area contributed by atoms with Crippen molar-refractivity contribution in [3.63, 3.8) is 0 Å².